The summed E-state index contributed by atoms with van der Waals surface area (Å²) in [6, 6.07) is 5.73. The highest BCUT2D eigenvalue weighted by atomic mass is 79.9. The van der Waals surface area contributed by atoms with Crippen molar-refractivity contribution in [2.75, 3.05) is 7.11 Å². The van der Waals surface area contributed by atoms with Crippen LogP contribution in [0.15, 0.2) is 22.7 Å². The van der Waals surface area contributed by atoms with Crippen molar-refractivity contribution in [3.63, 3.8) is 0 Å². The van der Waals surface area contributed by atoms with Crippen LogP contribution in [0.25, 0.3) is 0 Å². The maximum absolute atomic E-state index is 10.2. The third-order valence-corrected chi connectivity index (χ3v) is 3.29. The number of hydrogen-bond donors (Lipinski definition) is 1. The number of aliphatic hydroxyl groups excluding tert-OH is 1. The Labute approximate surface area is 106 Å². The molecule has 1 aromatic rings. The monoisotopic (exact) mass is 286 g/mol. The van der Waals surface area contributed by atoms with E-state index in [4.69, 9.17) is 4.74 Å². The van der Waals surface area contributed by atoms with Crippen molar-refractivity contribution in [3.8, 4) is 5.75 Å². The Hall–Kier alpha value is -0.540. The van der Waals surface area contributed by atoms with Crippen molar-refractivity contribution >= 4 is 15.9 Å². The molecule has 16 heavy (non-hydrogen) atoms. The summed E-state index contributed by atoms with van der Waals surface area (Å²) in [7, 11) is 1.63. The zero-order chi connectivity index (χ0) is 12.1. The summed E-state index contributed by atoms with van der Waals surface area (Å²) in [6.45, 7) is 4.19. The molecule has 0 saturated carbocycles. The van der Waals surface area contributed by atoms with Crippen LogP contribution in [0.5, 0.6) is 5.75 Å². The molecule has 0 aromatic heterocycles. The lowest BCUT2D eigenvalue weighted by atomic mass is 9.93. The molecule has 0 aliphatic heterocycles. The van der Waals surface area contributed by atoms with Crippen LogP contribution in [0.4, 0.5) is 0 Å². The second kappa shape index (κ2) is 6.26. The summed E-state index contributed by atoms with van der Waals surface area (Å²) >= 11 is 3.39. The molecule has 0 fully saturated rings. The molecule has 1 rings (SSSR count). The Kier molecular flexibility index (Phi) is 5.29. The fourth-order valence-corrected chi connectivity index (χ4v) is 2.19. The predicted octanol–water partition coefficient (Wildman–Crippen LogP) is 3.93. The Morgan fingerprint density at radius 1 is 1.44 bits per heavy atom. The van der Waals surface area contributed by atoms with Crippen LogP contribution < -0.4 is 4.74 Å². The quantitative estimate of drug-likeness (QED) is 0.889. The second-order valence-electron chi connectivity index (χ2n) is 4.10. The van der Waals surface area contributed by atoms with Crippen LogP contribution in [0.2, 0.25) is 0 Å². The van der Waals surface area contributed by atoms with Crippen molar-refractivity contribution in [1.29, 1.82) is 0 Å². The van der Waals surface area contributed by atoms with E-state index in [-0.39, 0.29) is 5.92 Å². The molecular weight excluding hydrogens is 268 g/mol. The van der Waals surface area contributed by atoms with Crippen molar-refractivity contribution in [2.45, 2.75) is 32.8 Å². The van der Waals surface area contributed by atoms with Gasteiger partial charge in [0, 0.05) is 10.0 Å². The first-order valence-corrected chi connectivity index (χ1v) is 6.41. The van der Waals surface area contributed by atoms with Crippen LogP contribution in [0, 0.1) is 5.92 Å². The molecule has 0 aliphatic carbocycles. The van der Waals surface area contributed by atoms with Crippen molar-refractivity contribution in [2.24, 2.45) is 5.92 Å². The van der Waals surface area contributed by atoms with E-state index in [9.17, 15) is 5.11 Å². The van der Waals surface area contributed by atoms with E-state index < -0.39 is 6.10 Å². The highest BCUT2D eigenvalue weighted by Crippen LogP contribution is 2.33. The summed E-state index contributed by atoms with van der Waals surface area (Å²) in [4.78, 5) is 0. The Morgan fingerprint density at radius 2 is 2.12 bits per heavy atom. The Bertz CT molecular complexity index is 339. The predicted molar refractivity (Wildman–Crippen MR) is 69.7 cm³/mol. The third kappa shape index (κ3) is 3.22. The first-order valence-electron chi connectivity index (χ1n) is 5.61. The van der Waals surface area contributed by atoms with Crippen molar-refractivity contribution < 1.29 is 9.84 Å². The van der Waals surface area contributed by atoms with Gasteiger partial charge in [-0.05, 0) is 24.5 Å². The molecule has 2 unspecified atom stereocenters. The molecule has 1 aromatic carbocycles. The van der Waals surface area contributed by atoms with E-state index in [0.717, 1.165) is 28.6 Å². The van der Waals surface area contributed by atoms with E-state index in [1.165, 1.54) is 0 Å². The van der Waals surface area contributed by atoms with Gasteiger partial charge in [0.1, 0.15) is 5.75 Å². The van der Waals surface area contributed by atoms with Gasteiger partial charge < -0.3 is 9.84 Å². The molecule has 0 heterocycles. The van der Waals surface area contributed by atoms with Crippen LogP contribution in [-0.4, -0.2) is 12.2 Å². The number of benzene rings is 1. The van der Waals surface area contributed by atoms with Crippen LogP contribution in [0.3, 0.4) is 0 Å². The van der Waals surface area contributed by atoms with Gasteiger partial charge in [0.2, 0.25) is 0 Å². The number of halogens is 1. The molecule has 90 valence electrons. The minimum Gasteiger partial charge on any atom is -0.496 e. The molecular formula is C13H19BrO2. The molecule has 0 aliphatic rings. The van der Waals surface area contributed by atoms with Gasteiger partial charge in [-0.25, -0.2) is 0 Å². The Morgan fingerprint density at radius 3 is 2.69 bits per heavy atom. The van der Waals surface area contributed by atoms with E-state index in [1.54, 1.807) is 7.11 Å². The van der Waals surface area contributed by atoms with Crippen LogP contribution >= 0.6 is 15.9 Å². The van der Waals surface area contributed by atoms with Gasteiger partial charge in [-0.15, -0.1) is 0 Å². The molecule has 0 amide bonds. The highest BCUT2D eigenvalue weighted by molar-refractivity contribution is 9.10. The van der Waals surface area contributed by atoms with E-state index in [1.807, 2.05) is 18.2 Å². The summed E-state index contributed by atoms with van der Waals surface area (Å²) in [5.74, 6) is 0.991. The third-order valence-electron chi connectivity index (χ3n) is 2.80. The number of rotatable bonds is 5. The largest absolute Gasteiger partial charge is 0.496 e. The zero-order valence-corrected chi connectivity index (χ0v) is 11.6. The number of hydrogen-bond acceptors (Lipinski definition) is 2. The van der Waals surface area contributed by atoms with Gasteiger partial charge in [-0.2, -0.15) is 0 Å². The summed E-state index contributed by atoms with van der Waals surface area (Å²) < 4.78 is 6.25. The van der Waals surface area contributed by atoms with Gasteiger partial charge in [0.25, 0.3) is 0 Å². The molecule has 0 bridgehead atoms. The average molecular weight is 287 g/mol. The van der Waals surface area contributed by atoms with Crippen LogP contribution in [0.1, 0.15) is 38.4 Å². The second-order valence-corrected chi connectivity index (χ2v) is 5.01. The van der Waals surface area contributed by atoms with Crippen LogP contribution in [-0.2, 0) is 0 Å². The van der Waals surface area contributed by atoms with Gasteiger partial charge in [-0.3, -0.25) is 0 Å². The molecule has 0 spiro atoms. The molecule has 0 radical (unpaired) electrons. The molecule has 1 N–H and O–H groups in total. The smallest absolute Gasteiger partial charge is 0.125 e. The maximum atomic E-state index is 10.2. The van der Waals surface area contributed by atoms with Gasteiger partial charge >= 0.3 is 0 Å². The summed E-state index contributed by atoms with van der Waals surface area (Å²) in [5.41, 5.74) is 0.867. The van der Waals surface area contributed by atoms with E-state index >= 15 is 0 Å². The number of ether oxygens (including phenoxy) is 1. The van der Waals surface area contributed by atoms with E-state index in [2.05, 4.69) is 29.8 Å². The molecule has 2 atom stereocenters. The lowest BCUT2D eigenvalue weighted by Crippen LogP contribution is -2.10. The minimum absolute atomic E-state index is 0.250. The first-order chi connectivity index (χ1) is 7.60. The normalized spacial score (nSPS) is 14.6. The lowest BCUT2D eigenvalue weighted by Gasteiger charge is -2.20. The standard InChI is InChI=1S/C13H19BrO2/c1-4-5-9(2)13(15)11-7-6-10(14)8-12(11)16-3/h6-9,13,15H,4-5H2,1-3H3. The topological polar surface area (TPSA) is 29.5 Å². The lowest BCUT2D eigenvalue weighted by molar-refractivity contribution is 0.109. The SMILES string of the molecule is CCCC(C)C(O)c1ccc(Br)cc1OC. The molecule has 2 nitrogen and oxygen atoms in total. The van der Waals surface area contributed by atoms with E-state index in [0.29, 0.717) is 0 Å². The van der Waals surface area contributed by atoms with Crippen molar-refractivity contribution in [1.82, 2.24) is 0 Å². The highest BCUT2D eigenvalue weighted by Gasteiger charge is 2.19. The molecule has 3 heteroatoms. The number of aliphatic hydroxyl groups is 1. The maximum Gasteiger partial charge on any atom is 0.125 e. The zero-order valence-electron chi connectivity index (χ0n) is 10.0. The summed E-state index contributed by atoms with van der Waals surface area (Å²) in [6.07, 6.45) is 1.64. The number of methoxy groups -OCH3 is 1. The fourth-order valence-electron chi connectivity index (χ4n) is 1.85. The van der Waals surface area contributed by atoms with Gasteiger partial charge in [0.05, 0.1) is 13.2 Å². The Balaban J connectivity index is 2.93. The minimum atomic E-state index is -0.456. The van der Waals surface area contributed by atoms with Crippen molar-refractivity contribution in [3.05, 3.63) is 28.2 Å². The fraction of sp³-hybridized carbons (Fsp3) is 0.538. The van der Waals surface area contributed by atoms with Gasteiger partial charge in [-0.1, -0.05) is 42.3 Å². The average Bonchev–Trinajstić information content (AvgIpc) is 2.28. The summed E-state index contributed by atoms with van der Waals surface area (Å²) in [5, 5.41) is 10.2. The first kappa shape index (κ1) is 13.5. The molecule has 0 saturated heterocycles. The van der Waals surface area contributed by atoms with Gasteiger partial charge in [0.15, 0.2) is 0 Å².